The van der Waals surface area contributed by atoms with Gasteiger partial charge >= 0.3 is 0 Å². The summed E-state index contributed by atoms with van der Waals surface area (Å²) in [5.74, 6) is 0.165. The van der Waals surface area contributed by atoms with E-state index in [2.05, 4.69) is 15.3 Å². The predicted molar refractivity (Wildman–Crippen MR) is 78.8 cm³/mol. The number of nitrogens with two attached hydrogens (primary N) is 1. The second kappa shape index (κ2) is 6.42. The lowest BCUT2D eigenvalue weighted by molar-refractivity contribution is -0.114. The molecule has 21 heavy (non-hydrogen) atoms. The van der Waals surface area contributed by atoms with Crippen molar-refractivity contribution in [2.75, 3.05) is 11.1 Å². The first-order valence-corrected chi connectivity index (χ1v) is 7.24. The molecule has 1 atom stereocenters. The molecule has 2 rings (SSSR count). The van der Waals surface area contributed by atoms with Crippen molar-refractivity contribution in [1.29, 1.82) is 0 Å². The molecule has 0 saturated heterocycles. The Balaban J connectivity index is 2.37. The first-order valence-electron chi connectivity index (χ1n) is 6.00. The summed E-state index contributed by atoms with van der Waals surface area (Å²) >= 11 is -2.24. The van der Waals surface area contributed by atoms with E-state index >= 15 is 0 Å². The zero-order valence-electron chi connectivity index (χ0n) is 11.2. The standard InChI is InChI=1S/C13H14N4O3S/c1-8(18)17-12-5-9(2-3-15-12)10-4-11(7-21(19)20)13(14)16-6-10/h2-6H,7H2,1H3,(H2,14,16)(H,19,20)(H,15,17,18)/p-1. The van der Waals surface area contributed by atoms with Crippen molar-refractivity contribution in [3.8, 4) is 11.1 Å². The minimum Gasteiger partial charge on any atom is -0.772 e. The molecule has 0 aliphatic carbocycles. The summed E-state index contributed by atoms with van der Waals surface area (Å²) in [5, 5.41) is 2.58. The van der Waals surface area contributed by atoms with Crippen LogP contribution < -0.4 is 11.1 Å². The summed E-state index contributed by atoms with van der Waals surface area (Å²) in [6.07, 6.45) is 3.09. The Labute approximate surface area is 123 Å². The summed E-state index contributed by atoms with van der Waals surface area (Å²) in [7, 11) is 0. The fraction of sp³-hybridized carbons (Fsp3) is 0.154. The molecule has 110 valence electrons. The van der Waals surface area contributed by atoms with Gasteiger partial charge in [-0.25, -0.2) is 9.97 Å². The first-order chi connectivity index (χ1) is 9.95. The smallest absolute Gasteiger partial charge is 0.222 e. The summed E-state index contributed by atoms with van der Waals surface area (Å²) in [5.41, 5.74) is 7.53. The van der Waals surface area contributed by atoms with Crippen LogP contribution in [0.1, 0.15) is 12.5 Å². The summed E-state index contributed by atoms with van der Waals surface area (Å²) in [4.78, 5) is 19.0. The van der Waals surface area contributed by atoms with Crippen LogP contribution in [0.25, 0.3) is 11.1 Å². The topological polar surface area (TPSA) is 121 Å². The predicted octanol–water partition coefficient (Wildman–Crippen LogP) is 1.06. The second-order valence-electron chi connectivity index (χ2n) is 4.33. The highest BCUT2D eigenvalue weighted by Crippen LogP contribution is 2.24. The van der Waals surface area contributed by atoms with Gasteiger partial charge in [-0.15, -0.1) is 0 Å². The molecule has 2 aromatic rings. The highest BCUT2D eigenvalue weighted by Gasteiger charge is 2.06. The average molecular weight is 305 g/mol. The zero-order valence-corrected chi connectivity index (χ0v) is 12.0. The fourth-order valence-corrected chi connectivity index (χ4v) is 2.27. The Hall–Kier alpha value is -2.32. The monoisotopic (exact) mass is 305 g/mol. The average Bonchev–Trinajstić information content (AvgIpc) is 2.40. The van der Waals surface area contributed by atoms with E-state index in [0.29, 0.717) is 16.9 Å². The first kappa shape index (κ1) is 15.1. The zero-order chi connectivity index (χ0) is 15.4. The van der Waals surface area contributed by atoms with Gasteiger partial charge in [0, 0.05) is 36.2 Å². The third kappa shape index (κ3) is 4.07. The maximum Gasteiger partial charge on any atom is 0.222 e. The van der Waals surface area contributed by atoms with E-state index in [1.165, 1.54) is 6.92 Å². The van der Waals surface area contributed by atoms with Crippen LogP contribution in [0.2, 0.25) is 0 Å². The molecular formula is C13H13N4O3S-. The molecular weight excluding hydrogens is 292 g/mol. The molecule has 0 saturated carbocycles. The molecule has 0 aromatic carbocycles. The molecule has 2 aromatic heterocycles. The van der Waals surface area contributed by atoms with Gasteiger partial charge in [-0.05, 0) is 23.8 Å². The maximum atomic E-state index is 11.0. The lowest BCUT2D eigenvalue weighted by Gasteiger charge is -2.10. The number of aromatic nitrogens is 2. The van der Waals surface area contributed by atoms with Crippen LogP contribution in [-0.4, -0.2) is 24.6 Å². The number of carbonyl (C=O) groups excluding carboxylic acids is 1. The minimum absolute atomic E-state index is 0.180. The van der Waals surface area contributed by atoms with Gasteiger partial charge in [0.1, 0.15) is 11.6 Å². The summed E-state index contributed by atoms with van der Waals surface area (Å²) in [6.45, 7) is 1.39. The van der Waals surface area contributed by atoms with Gasteiger partial charge in [-0.1, -0.05) is 11.1 Å². The lowest BCUT2D eigenvalue weighted by Crippen LogP contribution is -2.07. The molecule has 0 radical (unpaired) electrons. The molecule has 3 N–H and O–H groups in total. The lowest BCUT2D eigenvalue weighted by atomic mass is 10.1. The van der Waals surface area contributed by atoms with Crippen LogP contribution in [-0.2, 0) is 21.6 Å². The number of carbonyl (C=O) groups is 1. The van der Waals surface area contributed by atoms with Gasteiger partial charge < -0.3 is 15.6 Å². The Bertz CT molecular complexity index is 706. The van der Waals surface area contributed by atoms with Crippen molar-refractivity contribution < 1.29 is 13.6 Å². The van der Waals surface area contributed by atoms with Crippen LogP contribution >= 0.6 is 0 Å². The van der Waals surface area contributed by atoms with Crippen molar-refractivity contribution in [2.24, 2.45) is 0 Å². The highest BCUT2D eigenvalue weighted by molar-refractivity contribution is 7.78. The van der Waals surface area contributed by atoms with Gasteiger partial charge in [-0.3, -0.25) is 9.00 Å². The van der Waals surface area contributed by atoms with Crippen molar-refractivity contribution >= 4 is 28.6 Å². The summed E-state index contributed by atoms with van der Waals surface area (Å²) < 4.78 is 21.6. The van der Waals surface area contributed by atoms with Crippen molar-refractivity contribution in [2.45, 2.75) is 12.7 Å². The molecule has 8 heteroatoms. The van der Waals surface area contributed by atoms with Crippen LogP contribution in [0.15, 0.2) is 30.6 Å². The molecule has 0 bridgehead atoms. The van der Waals surface area contributed by atoms with E-state index in [4.69, 9.17) is 5.73 Å². The number of anilines is 2. The van der Waals surface area contributed by atoms with Gasteiger partial charge in [0.05, 0.1) is 0 Å². The van der Waals surface area contributed by atoms with E-state index in [9.17, 15) is 13.6 Å². The fourth-order valence-electron chi connectivity index (χ4n) is 1.78. The van der Waals surface area contributed by atoms with Crippen LogP contribution in [0.5, 0.6) is 0 Å². The van der Waals surface area contributed by atoms with Crippen molar-refractivity contribution in [3.63, 3.8) is 0 Å². The van der Waals surface area contributed by atoms with Gasteiger partial charge in [0.25, 0.3) is 0 Å². The number of hydrogen-bond donors (Lipinski definition) is 2. The number of nitrogens with one attached hydrogen (secondary N) is 1. The number of rotatable bonds is 4. The Morgan fingerprint density at radius 3 is 2.81 bits per heavy atom. The third-order valence-corrected chi connectivity index (χ3v) is 3.22. The van der Waals surface area contributed by atoms with Gasteiger partial charge in [0.15, 0.2) is 0 Å². The second-order valence-corrected chi connectivity index (χ2v) is 5.22. The number of nitrogens with zero attached hydrogens (tertiary/aromatic N) is 2. The third-order valence-electron chi connectivity index (χ3n) is 2.67. The Morgan fingerprint density at radius 2 is 2.14 bits per heavy atom. The van der Waals surface area contributed by atoms with E-state index in [1.807, 2.05) is 0 Å². The SMILES string of the molecule is CC(=O)Nc1cc(-c2cnc(N)c(CS(=O)[O-])c2)ccn1. The number of hydrogen-bond acceptors (Lipinski definition) is 6. The Kier molecular flexibility index (Phi) is 4.61. The molecule has 1 unspecified atom stereocenters. The number of nitrogen functional groups attached to an aromatic ring is 1. The largest absolute Gasteiger partial charge is 0.772 e. The van der Waals surface area contributed by atoms with Crippen LogP contribution in [0.4, 0.5) is 11.6 Å². The van der Waals surface area contributed by atoms with Crippen molar-refractivity contribution in [1.82, 2.24) is 9.97 Å². The van der Waals surface area contributed by atoms with Crippen LogP contribution in [0.3, 0.4) is 0 Å². The molecule has 7 nitrogen and oxygen atoms in total. The molecule has 0 fully saturated rings. The highest BCUT2D eigenvalue weighted by atomic mass is 32.2. The molecule has 1 amide bonds. The quantitative estimate of drug-likeness (QED) is 0.815. The molecule has 2 heterocycles. The van der Waals surface area contributed by atoms with E-state index in [0.717, 1.165) is 5.56 Å². The van der Waals surface area contributed by atoms with E-state index < -0.39 is 11.1 Å². The van der Waals surface area contributed by atoms with E-state index in [1.54, 1.807) is 30.6 Å². The number of pyridine rings is 2. The molecule has 0 aliphatic heterocycles. The van der Waals surface area contributed by atoms with Crippen molar-refractivity contribution in [3.05, 3.63) is 36.2 Å². The molecule has 0 aliphatic rings. The van der Waals surface area contributed by atoms with Crippen LogP contribution in [0, 0.1) is 0 Å². The number of amides is 1. The Morgan fingerprint density at radius 1 is 1.38 bits per heavy atom. The van der Waals surface area contributed by atoms with Gasteiger partial charge in [-0.2, -0.15) is 0 Å². The minimum atomic E-state index is -2.24. The maximum absolute atomic E-state index is 11.0. The molecule has 0 spiro atoms. The normalized spacial score (nSPS) is 11.9. The van der Waals surface area contributed by atoms with Gasteiger partial charge in [0.2, 0.25) is 5.91 Å². The van der Waals surface area contributed by atoms with E-state index in [-0.39, 0.29) is 17.5 Å². The summed E-state index contributed by atoms with van der Waals surface area (Å²) in [6, 6.07) is 5.06.